The Morgan fingerprint density at radius 2 is 2.04 bits per heavy atom. The van der Waals surface area contributed by atoms with Gasteiger partial charge in [0.25, 0.3) is 11.5 Å². The second kappa shape index (κ2) is 5.19. The van der Waals surface area contributed by atoms with E-state index in [1.54, 1.807) is 19.9 Å². The fraction of sp³-hybridized carbons (Fsp3) is 0.375. The fourth-order valence-electron chi connectivity index (χ4n) is 3.11. The maximum atomic E-state index is 12.9. The summed E-state index contributed by atoms with van der Waals surface area (Å²) in [5.74, 6) is -0.500. The lowest BCUT2D eigenvalue weighted by atomic mass is 9.94. The van der Waals surface area contributed by atoms with Gasteiger partial charge in [0.15, 0.2) is 0 Å². The van der Waals surface area contributed by atoms with Crippen LogP contribution in [0.5, 0.6) is 5.75 Å². The first kappa shape index (κ1) is 15.2. The van der Waals surface area contributed by atoms with Gasteiger partial charge >= 0.3 is 0 Å². The highest BCUT2D eigenvalue weighted by Gasteiger charge is 2.40. The number of aryl methyl sites for hydroxylation is 1. The van der Waals surface area contributed by atoms with E-state index in [4.69, 9.17) is 0 Å². The molecule has 1 aliphatic rings. The number of hydrogen-bond acceptors (Lipinski definition) is 5. The third-order valence-corrected chi connectivity index (χ3v) is 4.32. The van der Waals surface area contributed by atoms with E-state index in [-0.39, 0.29) is 23.5 Å². The molecule has 0 spiro atoms. The summed E-state index contributed by atoms with van der Waals surface area (Å²) in [5, 5.41) is 12.2. The van der Waals surface area contributed by atoms with E-state index in [2.05, 4.69) is 10.3 Å². The number of fused-ring (bicyclic) bond motifs is 1. The van der Waals surface area contributed by atoms with Gasteiger partial charge in [-0.15, -0.1) is 0 Å². The Labute approximate surface area is 132 Å². The van der Waals surface area contributed by atoms with Crippen LogP contribution in [0.3, 0.4) is 0 Å². The number of imide groups is 1. The van der Waals surface area contributed by atoms with Crippen LogP contribution in [0, 0.1) is 6.92 Å². The summed E-state index contributed by atoms with van der Waals surface area (Å²) in [7, 11) is 0. The third kappa shape index (κ3) is 2.38. The number of carbonyl (C=O) groups is 2. The van der Waals surface area contributed by atoms with Crippen molar-refractivity contribution < 1.29 is 14.7 Å². The predicted molar refractivity (Wildman–Crippen MR) is 83.1 cm³/mol. The molecule has 1 saturated heterocycles. The normalized spacial score (nSPS) is 22.0. The molecule has 1 unspecified atom stereocenters. The first-order valence-electron chi connectivity index (χ1n) is 7.40. The van der Waals surface area contributed by atoms with Gasteiger partial charge in [-0.2, -0.15) is 0 Å². The van der Waals surface area contributed by atoms with Crippen LogP contribution in [0.2, 0.25) is 0 Å². The van der Waals surface area contributed by atoms with Gasteiger partial charge in [-0.25, -0.2) is 4.98 Å². The standard InChI is InChI=1S/C16H17N3O4/c1-9-17-12-6-5-10(20)8-11(12)14(22)19(9)16(2)7-3-4-13(21)18-15(16)23/h5-6,8,20H,3-4,7H2,1-2H3,(H,18,21,23). The zero-order valence-corrected chi connectivity index (χ0v) is 12.9. The number of carbonyl (C=O) groups excluding carboxylic acids is 2. The molecule has 1 aliphatic heterocycles. The van der Waals surface area contributed by atoms with Crippen LogP contribution in [0.25, 0.3) is 10.9 Å². The van der Waals surface area contributed by atoms with Crippen LogP contribution < -0.4 is 10.9 Å². The van der Waals surface area contributed by atoms with Crippen molar-refractivity contribution in [2.45, 2.75) is 38.6 Å². The Balaban J connectivity index is 2.28. The molecule has 1 fully saturated rings. The Bertz CT molecular complexity index is 887. The van der Waals surface area contributed by atoms with E-state index in [1.807, 2.05) is 0 Å². The molecule has 0 radical (unpaired) electrons. The summed E-state index contributed by atoms with van der Waals surface area (Å²) >= 11 is 0. The highest BCUT2D eigenvalue weighted by atomic mass is 16.3. The van der Waals surface area contributed by atoms with Crippen molar-refractivity contribution in [2.24, 2.45) is 0 Å². The zero-order valence-electron chi connectivity index (χ0n) is 12.9. The van der Waals surface area contributed by atoms with E-state index in [9.17, 15) is 19.5 Å². The summed E-state index contributed by atoms with van der Waals surface area (Å²) in [5.41, 5.74) is -1.15. The molecule has 0 saturated carbocycles. The van der Waals surface area contributed by atoms with Crippen LogP contribution in [-0.2, 0) is 15.1 Å². The molecule has 2 aromatic rings. The van der Waals surface area contributed by atoms with Gasteiger partial charge in [0.2, 0.25) is 5.91 Å². The van der Waals surface area contributed by atoms with Gasteiger partial charge in [-0.05, 0) is 44.9 Å². The number of nitrogens with one attached hydrogen (secondary N) is 1. The number of amides is 2. The lowest BCUT2D eigenvalue weighted by Crippen LogP contribution is -2.51. The minimum atomic E-state index is -1.19. The third-order valence-electron chi connectivity index (χ3n) is 4.32. The summed E-state index contributed by atoms with van der Waals surface area (Å²) in [6.45, 7) is 3.28. The number of benzene rings is 1. The molecule has 0 bridgehead atoms. The van der Waals surface area contributed by atoms with Gasteiger partial charge in [0, 0.05) is 6.42 Å². The SMILES string of the molecule is Cc1nc2ccc(O)cc2c(=O)n1C1(C)CCCC(=O)NC1=O. The van der Waals surface area contributed by atoms with E-state index >= 15 is 0 Å². The summed E-state index contributed by atoms with van der Waals surface area (Å²) in [4.78, 5) is 41.3. The average Bonchev–Trinajstić information content (AvgIpc) is 2.59. The van der Waals surface area contributed by atoms with Crippen molar-refractivity contribution in [1.29, 1.82) is 0 Å². The smallest absolute Gasteiger partial charge is 0.262 e. The summed E-state index contributed by atoms with van der Waals surface area (Å²) in [6, 6.07) is 4.35. The van der Waals surface area contributed by atoms with Gasteiger partial charge in [-0.1, -0.05) is 0 Å². The van der Waals surface area contributed by atoms with Crippen molar-refractivity contribution in [1.82, 2.24) is 14.9 Å². The molecule has 7 heteroatoms. The molecule has 0 aliphatic carbocycles. The van der Waals surface area contributed by atoms with Gasteiger partial charge < -0.3 is 5.11 Å². The monoisotopic (exact) mass is 315 g/mol. The molecule has 2 heterocycles. The van der Waals surface area contributed by atoms with Crippen LogP contribution >= 0.6 is 0 Å². The highest BCUT2D eigenvalue weighted by Crippen LogP contribution is 2.27. The van der Waals surface area contributed by atoms with E-state index in [0.29, 0.717) is 24.2 Å². The number of hydrogen-bond donors (Lipinski definition) is 2. The van der Waals surface area contributed by atoms with E-state index in [1.165, 1.54) is 16.7 Å². The predicted octanol–water partition coefficient (Wildman–Crippen LogP) is 0.952. The minimum absolute atomic E-state index is 0.0440. The van der Waals surface area contributed by atoms with Crippen LogP contribution in [-0.4, -0.2) is 26.5 Å². The number of aromatic nitrogens is 2. The molecule has 23 heavy (non-hydrogen) atoms. The Kier molecular flexibility index (Phi) is 3.43. The first-order valence-corrected chi connectivity index (χ1v) is 7.40. The molecule has 1 aromatic heterocycles. The largest absolute Gasteiger partial charge is 0.508 e. The number of phenols is 1. The Morgan fingerprint density at radius 3 is 2.78 bits per heavy atom. The van der Waals surface area contributed by atoms with Crippen LogP contribution in [0.1, 0.15) is 32.0 Å². The lowest BCUT2D eigenvalue weighted by molar-refractivity contribution is -0.134. The fourth-order valence-corrected chi connectivity index (χ4v) is 3.11. The summed E-state index contributed by atoms with van der Waals surface area (Å²) < 4.78 is 1.32. The highest BCUT2D eigenvalue weighted by molar-refractivity contribution is 5.99. The second-order valence-corrected chi connectivity index (χ2v) is 6.01. The van der Waals surface area contributed by atoms with E-state index in [0.717, 1.165) is 0 Å². The van der Waals surface area contributed by atoms with Crippen LogP contribution in [0.4, 0.5) is 0 Å². The zero-order chi connectivity index (χ0) is 16.8. The number of phenolic OH excluding ortho intramolecular Hbond substituents is 1. The van der Waals surface area contributed by atoms with Crippen molar-refractivity contribution >= 4 is 22.7 Å². The summed E-state index contributed by atoms with van der Waals surface area (Å²) in [6.07, 6.45) is 1.10. The van der Waals surface area contributed by atoms with Gasteiger partial charge in [0.1, 0.15) is 17.1 Å². The lowest BCUT2D eigenvalue weighted by Gasteiger charge is -2.30. The Morgan fingerprint density at radius 1 is 1.30 bits per heavy atom. The van der Waals surface area contributed by atoms with Gasteiger partial charge in [-0.3, -0.25) is 24.3 Å². The average molecular weight is 315 g/mol. The topological polar surface area (TPSA) is 101 Å². The maximum Gasteiger partial charge on any atom is 0.262 e. The molecule has 7 nitrogen and oxygen atoms in total. The number of aromatic hydroxyl groups is 1. The second-order valence-electron chi connectivity index (χ2n) is 6.01. The molecule has 120 valence electrons. The van der Waals surface area contributed by atoms with Crippen molar-refractivity contribution in [3.8, 4) is 5.75 Å². The molecular formula is C16H17N3O4. The molecule has 2 N–H and O–H groups in total. The molecular weight excluding hydrogens is 298 g/mol. The molecule has 2 amide bonds. The molecule has 1 aromatic carbocycles. The van der Waals surface area contributed by atoms with Crippen molar-refractivity contribution in [3.05, 3.63) is 34.4 Å². The molecule has 3 rings (SSSR count). The van der Waals surface area contributed by atoms with Crippen molar-refractivity contribution in [3.63, 3.8) is 0 Å². The quantitative estimate of drug-likeness (QED) is 0.763. The Hall–Kier alpha value is -2.70. The molecule has 1 atom stereocenters. The van der Waals surface area contributed by atoms with E-state index < -0.39 is 17.0 Å². The van der Waals surface area contributed by atoms with Crippen LogP contribution in [0.15, 0.2) is 23.0 Å². The number of nitrogens with zero attached hydrogens (tertiary/aromatic N) is 2. The first-order chi connectivity index (χ1) is 10.8. The van der Waals surface area contributed by atoms with Gasteiger partial charge in [0.05, 0.1) is 10.9 Å². The van der Waals surface area contributed by atoms with Crippen molar-refractivity contribution in [2.75, 3.05) is 0 Å². The maximum absolute atomic E-state index is 12.9. The minimum Gasteiger partial charge on any atom is -0.508 e. The number of rotatable bonds is 1.